The minimum absolute atomic E-state index is 0.141. The minimum atomic E-state index is -0.715. The lowest BCUT2D eigenvalue weighted by molar-refractivity contribution is -0.122. The molecule has 4 heteroatoms. The van der Waals surface area contributed by atoms with E-state index in [1.807, 2.05) is 12.2 Å². The summed E-state index contributed by atoms with van der Waals surface area (Å²) in [5.41, 5.74) is 1.13. The third kappa shape index (κ3) is 1.88. The lowest BCUT2D eigenvalue weighted by Crippen LogP contribution is -2.32. The average Bonchev–Trinajstić information content (AvgIpc) is 2.71. The smallest absolute Gasteiger partial charge is 0.238 e. The number of fused-ring (bicyclic) bond motifs is 1. The normalized spacial score (nSPS) is 26.8. The van der Waals surface area contributed by atoms with E-state index in [2.05, 4.69) is 0 Å². The first kappa shape index (κ1) is 13.1. The molecule has 1 aromatic rings. The van der Waals surface area contributed by atoms with Crippen LogP contribution in [0, 0.1) is 11.8 Å². The average molecular weight is 271 g/mol. The van der Waals surface area contributed by atoms with Crippen LogP contribution in [-0.2, 0) is 9.59 Å². The fourth-order valence-corrected chi connectivity index (χ4v) is 3.08. The van der Waals surface area contributed by atoms with Gasteiger partial charge in [-0.15, -0.1) is 0 Å². The van der Waals surface area contributed by atoms with Crippen molar-refractivity contribution in [3.63, 3.8) is 0 Å². The predicted octanol–water partition coefficient (Wildman–Crippen LogP) is 2.20. The molecule has 1 unspecified atom stereocenters. The van der Waals surface area contributed by atoms with Gasteiger partial charge in [0, 0.05) is 5.56 Å². The first-order valence-corrected chi connectivity index (χ1v) is 6.91. The molecular formula is C16H17NO3. The summed E-state index contributed by atoms with van der Waals surface area (Å²) < 4.78 is 0. The highest BCUT2D eigenvalue weighted by molar-refractivity contribution is 6.22. The van der Waals surface area contributed by atoms with Gasteiger partial charge in [-0.2, -0.15) is 0 Å². The monoisotopic (exact) mass is 271 g/mol. The maximum atomic E-state index is 12.5. The fraction of sp³-hybridized carbons (Fsp3) is 0.375. The van der Waals surface area contributed by atoms with Crippen molar-refractivity contribution in [2.75, 3.05) is 4.90 Å². The Morgan fingerprint density at radius 3 is 2.20 bits per heavy atom. The first-order valence-electron chi connectivity index (χ1n) is 6.91. The van der Waals surface area contributed by atoms with E-state index < -0.39 is 6.10 Å². The first-order chi connectivity index (χ1) is 9.61. The molecule has 2 amide bonds. The molecule has 3 atom stereocenters. The Morgan fingerprint density at radius 2 is 1.65 bits per heavy atom. The molecule has 0 spiro atoms. The van der Waals surface area contributed by atoms with Crippen LogP contribution in [0.5, 0.6) is 0 Å². The number of allylic oxidation sites excluding steroid dienone is 2. The van der Waals surface area contributed by atoms with Crippen LogP contribution in [0.25, 0.3) is 0 Å². The number of nitrogens with zero attached hydrogens (tertiary/aromatic N) is 1. The van der Waals surface area contributed by atoms with Crippen LogP contribution in [0.3, 0.4) is 0 Å². The van der Waals surface area contributed by atoms with Crippen molar-refractivity contribution in [3.05, 3.63) is 42.0 Å². The Morgan fingerprint density at radius 1 is 1.10 bits per heavy atom. The van der Waals surface area contributed by atoms with Gasteiger partial charge in [0.25, 0.3) is 0 Å². The number of carbonyl (C=O) groups is 2. The van der Waals surface area contributed by atoms with Crippen molar-refractivity contribution < 1.29 is 14.7 Å². The van der Waals surface area contributed by atoms with Crippen molar-refractivity contribution in [2.24, 2.45) is 11.8 Å². The second kappa shape index (κ2) is 4.87. The van der Waals surface area contributed by atoms with Gasteiger partial charge in [-0.05, 0) is 25.8 Å². The van der Waals surface area contributed by atoms with E-state index in [0.717, 1.165) is 0 Å². The van der Waals surface area contributed by atoms with Gasteiger partial charge in [0.15, 0.2) is 0 Å². The maximum Gasteiger partial charge on any atom is 0.238 e. The summed E-state index contributed by atoms with van der Waals surface area (Å²) >= 11 is 0. The number of imide groups is 1. The standard InChI is InChI=1S/C16H17NO3/c1-10(18)11-6-4-5-9-14(11)17-15(19)12-7-2-3-8-13(12)16(17)20/h2-6,9-10,12-13,18H,7-8H2,1H3/t10?,12-,13+. The summed E-state index contributed by atoms with van der Waals surface area (Å²) in [6, 6.07) is 7.05. The Labute approximate surface area is 117 Å². The van der Waals surface area contributed by atoms with Crippen LogP contribution in [0.1, 0.15) is 31.4 Å². The Balaban J connectivity index is 2.03. The highest BCUT2D eigenvalue weighted by atomic mass is 16.3. The quantitative estimate of drug-likeness (QED) is 0.662. The summed E-state index contributed by atoms with van der Waals surface area (Å²) in [7, 11) is 0. The van der Waals surface area contributed by atoms with Crippen LogP contribution in [-0.4, -0.2) is 16.9 Å². The molecule has 20 heavy (non-hydrogen) atoms. The van der Waals surface area contributed by atoms with Crippen molar-refractivity contribution in [1.29, 1.82) is 0 Å². The molecule has 2 aliphatic rings. The Kier molecular flexibility index (Phi) is 3.18. The van der Waals surface area contributed by atoms with Crippen LogP contribution < -0.4 is 4.90 Å². The van der Waals surface area contributed by atoms with Crippen molar-refractivity contribution in [1.82, 2.24) is 0 Å². The second-order valence-electron chi connectivity index (χ2n) is 5.40. The van der Waals surface area contributed by atoms with Gasteiger partial charge < -0.3 is 5.11 Å². The molecule has 1 aromatic carbocycles. The largest absolute Gasteiger partial charge is 0.389 e. The number of para-hydroxylation sites is 1. The molecule has 0 radical (unpaired) electrons. The van der Waals surface area contributed by atoms with E-state index in [1.54, 1.807) is 31.2 Å². The number of aliphatic hydroxyl groups is 1. The summed E-state index contributed by atoms with van der Waals surface area (Å²) in [5, 5.41) is 9.83. The van der Waals surface area contributed by atoms with E-state index in [9.17, 15) is 14.7 Å². The number of rotatable bonds is 2. The van der Waals surface area contributed by atoms with Crippen molar-refractivity contribution in [2.45, 2.75) is 25.9 Å². The van der Waals surface area contributed by atoms with Gasteiger partial charge in [0.05, 0.1) is 23.6 Å². The Bertz CT molecular complexity index is 565. The van der Waals surface area contributed by atoms with Gasteiger partial charge in [0.1, 0.15) is 0 Å². The number of amides is 2. The number of hydrogen-bond acceptors (Lipinski definition) is 3. The molecule has 1 fully saturated rings. The SMILES string of the molecule is CC(O)c1ccccc1N1C(=O)[C@H]2CC=CC[C@H]2C1=O. The molecule has 1 aliphatic carbocycles. The number of benzene rings is 1. The molecule has 4 nitrogen and oxygen atoms in total. The lowest BCUT2D eigenvalue weighted by Gasteiger charge is -2.20. The second-order valence-corrected chi connectivity index (χ2v) is 5.40. The molecule has 1 aliphatic heterocycles. The molecule has 0 saturated carbocycles. The molecule has 1 heterocycles. The van der Waals surface area contributed by atoms with E-state index >= 15 is 0 Å². The van der Waals surface area contributed by atoms with E-state index in [1.165, 1.54) is 4.90 Å². The molecular weight excluding hydrogens is 254 g/mol. The molecule has 1 saturated heterocycles. The molecule has 0 bridgehead atoms. The number of hydrogen-bond donors (Lipinski definition) is 1. The van der Waals surface area contributed by atoms with E-state index in [4.69, 9.17) is 0 Å². The highest BCUT2D eigenvalue weighted by Gasteiger charge is 2.48. The summed E-state index contributed by atoms with van der Waals surface area (Å²) in [6.07, 6.45) is 4.48. The number of aliphatic hydroxyl groups excluding tert-OH is 1. The third-order valence-corrected chi connectivity index (χ3v) is 4.14. The highest BCUT2D eigenvalue weighted by Crippen LogP contribution is 2.39. The molecule has 3 rings (SSSR count). The Hall–Kier alpha value is -1.94. The maximum absolute atomic E-state index is 12.5. The number of carbonyl (C=O) groups excluding carboxylic acids is 2. The third-order valence-electron chi connectivity index (χ3n) is 4.14. The summed E-state index contributed by atoms with van der Waals surface area (Å²) in [5.74, 6) is -0.765. The zero-order valence-corrected chi connectivity index (χ0v) is 11.3. The number of anilines is 1. The van der Waals surface area contributed by atoms with Crippen molar-refractivity contribution >= 4 is 17.5 Å². The molecule has 104 valence electrons. The predicted molar refractivity (Wildman–Crippen MR) is 74.9 cm³/mol. The van der Waals surface area contributed by atoms with E-state index in [-0.39, 0.29) is 23.7 Å². The fourth-order valence-electron chi connectivity index (χ4n) is 3.08. The zero-order chi connectivity index (χ0) is 14.3. The van der Waals surface area contributed by atoms with E-state index in [0.29, 0.717) is 24.1 Å². The molecule has 1 N–H and O–H groups in total. The summed E-state index contributed by atoms with van der Waals surface area (Å²) in [4.78, 5) is 26.3. The van der Waals surface area contributed by atoms with Gasteiger partial charge in [-0.1, -0.05) is 30.4 Å². The topological polar surface area (TPSA) is 57.6 Å². The van der Waals surface area contributed by atoms with Gasteiger partial charge in [-0.25, -0.2) is 4.90 Å². The van der Waals surface area contributed by atoms with Gasteiger partial charge in [0.2, 0.25) is 11.8 Å². The summed E-state index contributed by atoms with van der Waals surface area (Å²) in [6.45, 7) is 1.64. The van der Waals surface area contributed by atoms with Crippen LogP contribution in [0.4, 0.5) is 5.69 Å². The van der Waals surface area contributed by atoms with Crippen LogP contribution in [0.2, 0.25) is 0 Å². The van der Waals surface area contributed by atoms with Crippen LogP contribution in [0.15, 0.2) is 36.4 Å². The zero-order valence-electron chi connectivity index (χ0n) is 11.3. The van der Waals surface area contributed by atoms with Gasteiger partial charge in [-0.3, -0.25) is 9.59 Å². The molecule has 0 aromatic heterocycles. The van der Waals surface area contributed by atoms with Crippen LogP contribution >= 0.6 is 0 Å². The minimum Gasteiger partial charge on any atom is -0.389 e. The van der Waals surface area contributed by atoms with Gasteiger partial charge >= 0.3 is 0 Å². The van der Waals surface area contributed by atoms with Crippen molar-refractivity contribution in [3.8, 4) is 0 Å². The lowest BCUT2D eigenvalue weighted by atomic mass is 9.85.